The van der Waals surface area contributed by atoms with Crippen LogP contribution in [0.3, 0.4) is 0 Å². The molecule has 0 aliphatic heterocycles. The summed E-state index contributed by atoms with van der Waals surface area (Å²) < 4.78 is 0. The number of thiol groups is 3. The Hall–Kier alpha value is -0.293. The third-order valence-electron chi connectivity index (χ3n) is 1.83. The van der Waals surface area contributed by atoms with Crippen LogP contribution in [0.5, 0.6) is 0 Å². The van der Waals surface area contributed by atoms with Crippen molar-refractivity contribution in [2.75, 3.05) is 0 Å². The summed E-state index contributed by atoms with van der Waals surface area (Å²) in [7, 11) is 0. The Kier molecular flexibility index (Phi) is 6.12. The van der Waals surface area contributed by atoms with E-state index in [0.717, 1.165) is 5.19 Å². The van der Waals surface area contributed by atoms with E-state index < -0.39 is 5.52 Å². The summed E-state index contributed by atoms with van der Waals surface area (Å²) in [5.74, 6) is 0. The van der Waals surface area contributed by atoms with Crippen molar-refractivity contribution in [1.82, 2.24) is 0 Å². The Balaban J connectivity index is 0.000000181. The van der Waals surface area contributed by atoms with Gasteiger partial charge in [0, 0.05) is 0 Å². The van der Waals surface area contributed by atoms with Gasteiger partial charge in [0.1, 0.15) is 0 Å². The van der Waals surface area contributed by atoms with Crippen molar-refractivity contribution in [3.05, 3.63) is 66.7 Å². The smallest absolute Gasteiger partial charge is 0.176 e. The molecule has 0 amide bonds. The molecule has 4 heteroatoms. The normalized spacial score (nSPS) is 10.2. The van der Waals surface area contributed by atoms with Crippen LogP contribution in [0.1, 0.15) is 0 Å². The van der Waals surface area contributed by atoms with Gasteiger partial charge in [-0.3, -0.25) is 0 Å². The summed E-state index contributed by atoms with van der Waals surface area (Å²) in [6.45, 7) is 0. The molecule has 2 rings (SSSR count). The summed E-state index contributed by atoms with van der Waals surface area (Å²) >= 11 is 12.9. The Labute approximate surface area is 113 Å². The van der Waals surface area contributed by atoms with Crippen LogP contribution in [0, 0.1) is 0 Å². The molecule has 0 N–H and O–H groups in total. The molecule has 0 aliphatic rings. The topological polar surface area (TPSA) is 0 Å². The molecule has 84 valence electrons. The van der Waals surface area contributed by atoms with Crippen LogP contribution in [0.2, 0.25) is 0 Å². The van der Waals surface area contributed by atoms with Crippen molar-refractivity contribution in [1.29, 1.82) is 0 Å². The zero-order valence-corrected chi connectivity index (χ0v) is 12.4. The van der Waals surface area contributed by atoms with Gasteiger partial charge in [-0.25, -0.2) is 0 Å². The van der Waals surface area contributed by atoms with Crippen molar-refractivity contribution in [2.45, 2.75) is 0 Å². The monoisotopic (exact) mass is 282 g/mol. The van der Waals surface area contributed by atoms with Crippen molar-refractivity contribution in [3.63, 3.8) is 0 Å². The lowest BCUT2D eigenvalue weighted by Gasteiger charge is -2.11. The molecule has 0 aliphatic carbocycles. The maximum atomic E-state index is 4.31. The molecular formula is C12H14S3Si. The lowest BCUT2D eigenvalue weighted by molar-refractivity contribution is 1.72. The maximum Gasteiger partial charge on any atom is 0.260 e. The fourth-order valence-corrected chi connectivity index (χ4v) is 3.03. The van der Waals surface area contributed by atoms with Gasteiger partial charge in [-0.1, -0.05) is 66.7 Å². The Morgan fingerprint density at radius 1 is 0.562 bits per heavy atom. The molecule has 16 heavy (non-hydrogen) atoms. The Morgan fingerprint density at radius 3 is 1.12 bits per heavy atom. The molecular weight excluding hydrogens is 268 g/mol. The predicted molar refractivity (Wildman–Crippen MR) is 85.2 cm³/mol. The number of hydrogen-bond donors (Lipinski definition) is 3. The van der Waals surface area contributed by atoms with E-state index in [-0.39, 0.29) is 0 Å². The van der Waals surface area contributed by atoms with Crippen LogP contribution >= 0.6 is 36.2 Å². The largest absolute Gasteiger partial charge is 0.260 e. The van der Waals surface area contributed by atoms with Crippen molar-refractivity contribution in [2.24, 2.45) is 0 Å². The minimum atomic E-state index is -1.95. The molecule has 2 aromatic rings. The average molecular weight is 283 g/mol. The van der Waals surface area contributed by atoms with Gasteiger partial charge in [-0.05, 0) is 5.19 Å². The first-order chi connectivity index (χ1) is 7.61. The fourth-order valence-electron chi connectivity index (χ4n) is 1.05. The lowest BCUT2D eigenvalue weighted by atomic mass is 10.4. The highest BCUT2D eigenvalue weighted by molar-refractivity contribution is 8.70. The SMILES string of the molecule is S[Si](S)(S)c1ccccc1.c1ccccc1. The standard InChI is InChI=1S/C6H8S3Si.C6H6/c7-10(8,9)6-4-2-1-3-5-6;1-2-4-6-5-3-1/h1-5,7-9H;1-6H. The first-order valence-corrected chi connectivity index (χ1v) is 10.7. The van der Waals surface area contributed by atoms with E-state index in [1.807, 2.05) is 66.7 Å². The molecule has 0 saturated heterocycles. The molecule has 0 aromatic heterocycles. The molecule has 2 aromatic carbocycles. The van der Waals surface area contributed by atoms with Gasteiger partial charge in [0.25, 0.3) is 5.52 Å². The van der Waals surface area contributed by atoms with E-state index in [1.54, 1.807) is 0 Å². The first-order valence-electron chi connectivity index (χ1n) is 4.83. The Bertz CT molecular complexity index is 357. The van der Waals surface area contributed by atoms with Crippen LogP contribution in [0.15, 0.2) is 66.7 Å². The second-order valence-corrected chi connectivity index (χ2v) is 14.2. The van der Waals surface area contributed by atoms with E-state index >= 15 is 0 Å². The quantitative estimate of drug-likeness (QED) is 0.519. The second kappa shape index (κ2) is 7.11. The summed E-state index contributed by atoms with van der Waals surface area (Å²) in [6.07, 6.45) is 0. The first kappa shape index (κ1) is 13.8. The van der Waals surface area contributed by atoms with Gasteiger partial charge in [-0.15, -0.1) is 0 Å². The second-order valence-electron chi connectivity index (χ2n) is 3.16. The molecule has 0 atom stereocenters. The molecule has 0 bridgehead atoms. The molecule has 0 radical (unpaired) electrons. The van der Waals surface area contributed by atoms with Gasteiger partial charge in [0.15, 0.2) is 0 Å². The molecule has 0 saturated carbocycles. The van der Waals surface area contributed by atoms with Gasteiger partial charge in [0.05, 0.1) is 0 Å². The van der Waals surface area contributed by atoms with E-state index in [9.17, 15) is 0 Å². The zero-order chi connectivity index (χ0) is 11.9. The molecule has 0 unspecified atom stereocenters. The summed E-state index contributed by atoms with van der Waals surface area (Å²) in [5.41, 5.74) is -1.95. The minimum absolute atomic E-state index is 1.13. The highest BCUT2D eigenvalue weighted by Gasteiger charge is 2.20. The van der Waals surface area contributed by atoms with Crippen LogP contribution < -0.4 is 5.19 Å². The fraction of sp³-hybridized carbons (Fsp3) is 0. The number of hydrogen-bond acceptors (Lipinski definition) is 3. The summed E-state index contributed by atoms with van der Waals surface area (Å²) in [4.78, 5) is 0. The number of benzene rings is 2. The van der Waals surface area contributed by atoms with Gasteiger partial charge >= 0.3 is 0 Å². The zero-order valence-electron chi connectivity index (χ0n) is 8.69. The van der Waals surface area contributed by atoms with Crippen molar-refractivity contribution < 1.29 is 0 Å². The van der Waals surface area contributed by atoms with E-state index in [1.165, 1.54) is 0 Å². The molecule has 0 spiro atoms. The Morgan fingerprint density at radius 2 is 0.875 bits per heavy atom. The average Bonchev–Trinajstić information content (AvgIpc) is 2.32. The van der Waals surface area contributed by atoms with E-state index in [2.05, 4.69) is 36.2 Å². The van der Waals surface area contributed by atoms with Crippen molar-refractivity contribution in [3.8, 4) is 0 Å². The molecule has 0 heterocycles. The predicted octanol–water partition coefficient (Wildman–Crippen LogP) is 3.31. The highest BCUT2D eigenvalue weighted by Crippen LogP contribution is 2.16. The van der Waals surface area contributed by atoms with Crippen LogP contribution in [0.25, 0.3) is 0 Å². The van der Waals surface area contributed by atoms with Gasteiger partial charge < -0.3 is 0 Å². The van der Waals surface area contributed by atoms with E-state index in [4.69, 9.17) is 0 Å². The molecule has 0 fully saturated rings. The lowest BCUT2D eigenvalue weighted by Crippen LogP contribution is -2.29. The molecule has 0 nitrogen and oxygen atoms in total. The third kappa shape index (κ3) is 5.70. The summed E-state index contributed by atoms with van der Waals surface area (Å²) in [6, 6.07) is 21.9. The summed E-state index contributed by atoms with van der Waals surface area (Å²) in [5, 5.41) is 1.13. The van der Waals surface area contributed by atoms with Crippen molar-refractivity contribution >= 4 is 46.9 Å². The van der Waals surface area contributed by atoms with E-state index in [0.29, 0.717) is 0 Å². The van der Waals surface area contributed by atoms with Crippen LogP contribution in [-0.2, 0) is 0 Å². The van der Waals surface area contributed by atoms with Gasteiger partial charge in [-0.2, -0.15) is 36.2 Å². The van der Waals surface area contributed by atoms with Crippen LogP contribution in [-0.4, -0.2) is 5.52 Å². The number of rotatable bonds is 1. The highest BCUT2D eigenvalue weighted by atomic mass is 32.7. The minimum Gasteiger partial charge on any atom is -0.176 e. The van der Waals surface area contributed by atoms with Gasteiger partial charge in [0.2, 0.25) is 0 Å². The van der Waals surface area contributed by atoms with Crippen LogP contribution in [0.4, 0.5) is 0 Å². The third-order valence-corrected chi connectivity index (χ3v) is 5.26. The maximum absolute atomic E-state index is 4.31.